The predicted octanol–water partition coefficient (Wildman–Crippen LogP) is 2.69. The summed E-state index contributed by atoms with van der Waals surface area (Å²) < 4.78 is 53.7. The smallest absolute Gasteiger partial charge is 0.271 e. The van der Waals surface area contributed by atoms with Crippen molar-refractivity contribution in [2.24, 2.45) is 0 Å². The number of hydrogen-bond acceptors (Lipinski definition) is 6. The van der Waals surface area contributed by atoms with E-state index in [1.165, 1.54) is 22.5 Å². The Bertz CT molecular complexity index is 995. The van der Waals surface area contributed by atoms with E-state index in [9.17, 15) is 21.9 Å². The van der Waals surface area contributed by atoms with Crippen LogP contribution in [-0.4, -0.2) is 39.3 Å². The topological polar surface area (TPSA) is 104 Å². The maximum absolute atomic E-state index is 12.6. The monoisotopic (exact) mass is 422 g/mol. The van der Waals surface area contributed by atoms with E-state index in [0.29, 0.717) is 17.4 Å². The van der Waals surface area contributed by atoms with Gasteiger partial charge in [0, 0.05) is 13.1 Å². The Balaban J connectivity index is 1.95. The molecule has 0 spiro atoms. The van der Waals surface area contributed by atoms with E-state index >= 15 is 0 Å². The fraction of sp³-hybridized carbons (Fsp3) is 0.286. The van der Waals surface area contributed by atoms with Gasteiger partial charge in [-0.3, -0.25) is 4.72 Å². The largest absolute Gasteiger partial charge is 0.506 e. The molecular formula is C14H15ClN2O5S3. The van der Waals surface area contributed by atoms with Crippen LogP contribution in [0.5, 0.6) is 5.75 Å². The van der Waals surface area contributed by atoms with Crippen LogP contribution in [0, 0.1) is 0 Å². The average Bonchev–Trinajstić information content (AvgIpc) is 3.20. The number of aromatic hydroxyl groups is 1. The van der Waals surface area contributed by atoms with Crippen molar-refractivity contribution in [1.82, 2.24) is 4.31 Å². The fourth-order valence-electron chi connectivity index (χ4n) is 2.47. The second-order valence-corrected chi connectivity index (χ2v) is 11.0. The maximum Gasteiger partial charge on any atom is 0.271 e. The SMILES string of the molecule is O=S(=O)(Nc1cc(S(=O)(=O)N2CCCC2)ccc1O)c1ccc(Cl)s1. The average molecular weight is 423 g/mol. The summed E-state index contributed by atoms with van der Waals surface area (Å²) >= 11 is 6.61. The lowest BCUT2D eigenvalue weighted by Gasteiger charge is -2.17. The molecule has 0 radical (unpaired) electrons. The van der Waals surface area contributed by atoms with E-state index in [2.05, 4.69) is 4.72 Å². The number of rotatable bonds is 5. The van der Waals surface area contributed by atoms with Crippen molar-refractivity contribution in [3.63, 3.8) is 0 Å². The lowest BCUT2D eigenvalue weighted by Crippen LogP contribution is -2.27. The zero-order chi connectivity index (χ0) is 18.2. The first-order valence-corrected chi connectivity index (χ1v) is 11.4. The van der Waals surface area contributed by atoms with Crippen LogP contribution in [0.4, 0.5) is 5.69 Å². The molecular weight excluding hydrogens is 408 g/mol. The Morgan fingerprint density at radius 2 is 1.76 bits per heavy atom. The number of phenolic OH excluding ortho intramolecular Hbond substituents is 1. The molecule has 1 aliphatic heterocycles. The Morgan fingerprint density at radius 1 is 1.08 bits per heavy atom. The van der Waals surface area contributed by atoms with Crippen LogP contribution in [0.15, 0.2) is 39.4 Å². The van der Waals surface area contributed by atoms with E-state index in [1.807, 2.05) is 0 Å². The highest BCUT2D eigenvalue weighted by Gasteiger charge is 2.28. The van der Waals surface area contributed by atoms with E-state index in [1.54, 1.807) is 0 Å². The van der Waals surface area contributed by atoms with E-state index < -0.39 is 20.0 Å². The summed E-state index contributed by atoms with van der Waals surface area (Å²) in [4.78, 5) is -0.0749. The zero-order valence-electron chi connectivity index (χ0n) is 12.8. The minimum absolute atomic E-state index is 0.0373. The third-order valence-corrected chi connectivity index (χ3v) is 8.71. The van der Waals surface area contributed by atoms with Gasteiger partial charge in [0.2, 0.25) is 10.0 Å². The van der Waals surface area contributed by atoms with Gasteiger partial charge in [-0.15, -0.1) is 11.3 Å². The van der Waals surface area contributed by atoms with Crippen LogP contribution in [0.3, 0.4) is 0 Å². The standard InChI is InChI=1S/C14H15ClN2O5S3/c15-13-5-6-14(23-13)24(19,20)16-11-9-10(3-4-12(11)18)25(21,22)17-7-1-2-8-17/h3-6,9,16,18H,1-2,7-8H2. The summed E-state index contributed by atoms with van der Waals surface area (Å²) in [5.74, 6) is -0.369. The van der Waals surface area contributed by atoms with Crippen molar-refractivity contribution >= 4 is 48.7 Å². The van der Waals surface area contributed by atoms with Gasteiger partial charge in [0.15, 0.2) is 0 Å². The van der Waals surface area contributed by atoms with Gasteiger partial charge in [0.05, 0.1) is 14.9 Å². The third kappa shape index (κ3) is 3.77. The maximum atomic E-state index is 12.6. The molecule has 1 aromatic heterocycles. The van der Waals surface area contributed by atoms with E-state index in [0.717, 1.165) is 36.3 Å². The highest BCUT2D eigenvalue weighted by Crippen LogP contribution is 2.32. The molecule has 25 heavy (non-hydrogen) atoms. The Labute approximate surface area is 155 Å². The number of anilines is 1. The molecule has 3 rings (SSSR count). The molecule has 11 heteroatoms. The summed E-state index contributed by atoms with van der Waals surface area (Å²) in [5, 5.41) is 9.92. The molecule has 2 N–H and O–H groups in total. The first-order chi connectivity index (χ1) is 11.7. The highest BCUT2D eigenvalue weighted by atomic mass is 35.5. The Hall–Kier alpha value is -1.33. The molecule has 0 aliphatic carbocycles. The molecule has 1 aliphatic rings. The summed E-state index contributed by atoms with van der Waals surface area (Å²) in [6.07, 6.45) is 1.58. The Kier molecular flexibility index (Phi) is 5.00. The van der Waals surface area contributed by atoms with Gasteiger partial charge in [0.1, 0.15) is 9.96 Å². The first-order valence-electron chi connectivity index (χ1n) is 7.31. The van der Waals surface area contributed by atoms with Gasteiger partial charge in [-0.25, -0.2) is 16.8 Å². The van der Waals surface area contributed by atoms with Crippen molar-refractivity contribution in [3.8, 4) is 5.75 Å². The van der Waals surface area contributed by atoms with Gasteiger partial charge >= 0.3 is 0 Å². The van der Waals surface area contributed by atoms with Crippen molar-refractivity contribution in [1.29, 1.82) is 0 Å². The van der Waals surface area contributed by atoms with Crippen LogP contribution in [0.2, 0.25) is 4.34 Å². The quantitative estimate of drug-likeness (QED) is 0.721. The van der Waals surface area contributed by atoms with Crippen molar-refractivity contribution in [2.45, 2.75) is 21.9 Å². The number of thiophene rings is 1. The molecule has 1 aromatic carbocycles. The number of hydrogen-bond donors (Lipinski definition) is 2. The van der Waals surface area contributed by atoms with Crippen LogP contribution in [-0.2, 0) is 20.0 Å². The lowest BCUT2D eigenvalue weighted by atomic mass is 10.3. The second-order valence-electron chi connectivity index (χ2n) is 5.45. The minimum Gasteiger partial charge on any atom is -0.506 e. The normalized spacial score (nSPS) is 16.2. The van der Waals surface area contributed by atoms with Crippen molar-refractivity contribution in [2.75, 3.05) is 17.8 Å². The third-order valence-electron chi connectivity index (χ3n) is 3.73. The summed E-state index contributed by atoms with van der Waals surface area (Å²) in [7, 11) is -7.71. The molecule has 0 amide bonds. The minimum atomic E-state index is -3.98. The number of benzene rings is 1. The summed E-state index contributed by atoms with van der Waals surface area (Å²) in [6.45, 7) is 0.857. The van der Waals surface area contributed by atoms with E-state index in [4.69, 9.17) is 11.6 Å². The van der Waals surface area contributed by atoms with Crippen LogP contribution >= 0.6 is 22.9 Å². The lowest BCUT2D eigenvalue weighted by molar-refractivity contribution is 0.473. The summed E-state index contributed by atoms with van der Waals surface area (Å²) in [6, 6.07) is 6.30. The molecule has 0 unspecified atom stereocenters. The molecule has 1 fully saturated rings. The van der Waals surface area contributed by atoms with Crippen molar-refractivity contribution < 1.29 is 21.9 Å². The Morgan fingerprint density at radius 3 is 2.36 bits per heavy atom. The molecule has 2 heterocycles. The van der Waals surface area contributed by atoms with Gasteiger partial charge in [-0.05, 0) is 43.2 Å². The van der Waals surface area contributed by atoms with E-state index in [-0.39, 0.29) is 20.5 Å². The van der Waals surface area contributed by atoms with Gasteiger partial charge in [-0.2, -0.15) is 4.31 Å². The number of sulfonamides is 2. The predicted molar refractivity (Wildman–Crippen MR) is 96.2 cm³/mol. The molecule has 136 valence electrons. The molecule has 1 saturated heterocycles. The number of nitrogens with zero attached hydrogens (tertiary/aromatic N) is 1. The number of halogens is 1. The van der Waals surface area contributed by atoms with Gasteiger partial charge in [0.25, 0.3) is 10.0 Å². The van der Waals surface area contributed by atoms with Gasteiger partial charge in [-0.1, -0.05) is 11.6 Å². The highest BCUT2D eigenvalue weighted by molar-refractivity contribution is 7.94. The second kappa shape index (κ2) is 6.76. The van der Waals surface area contributed by atoms with Gasteiger partial charge < -0.3 is 5.11 Å². The molecule has 0 saturated carbocycles. The van der Waals surface area contributed by atoms with Crippen LogP contribution < -0.4 is 4.72 Å². The molecule has 2 aromatic rings. The molecule has 7 nitrogen and oxygen atoms in total. The van der Waals surface area contributed by atoms with Crippen molar-refractivity contribution in [3.05, 3.63) is 34.7 Å². The summed E-state index contributed by atoms with van der Waals surface area (Å²) in [5.41, 5.74) is -0.204. The zero-order valence-corrected chi connectivity index (χ0v) is 16.1. The molecule has 0 bridgehead atoms. The molecule has 0 atom stereocenters. The first kappa shape index (κ1) is 18.5. The number of nitrogens with one attached hydrogen (secondary N) is 1. The number of phenols is 1. The fourth-order valence-corrected chi connectivity index (χ4v) is 6.56. The van der Waals surface area contributed by atoms with Crippen LogP contribution in [0.1, 0.15) is 12.8 Å². The van der Waals surface area contributed by atoms with Crippen LogP contribution in [0.25, 0.3) is 0 Å².